The quantitative estimate of drug-likeness (QED) is 0.821. The number of nitrogens with zero attached hydrogens (tertiary/aromatic N) is 1. The lowest BCUT2D eigenvalue weighted by atomic mass is 10.0. The van der Waals surface area contributed by atoms with E-state index in [-0.39, 0.29) is 6.92 Å². The van der Waals surface area contributed by atoms with Crippen LogP contribution in [-0.2, 0) is 11.0 Å². The van der Waals surface area contributed by atoms with E-state index in [9.17, 15) is 31.1 Å². The fourth-order valence-electron chi connectivity index (χ4n) is 1.34. The minimum absolute atomic E-state index is 0.163. The number of halogens is 6. The van der Waals surface area contributed by atoms with Crippen molar-refractivity contribution in [2.45, 2.75) is 24.9 Å². The second-order valence-electron chi connectivity index (χ2n) is 4.39. The van der Waals surface area contributed by atoms with Crippen molar-refractivity contribution < 1.29 is 36.2 Å². The number of amides is 1. The van der Waals surface area contributed by atoms with E-state index in [1.165, 1.54) is 11.4 Å². The van der Waals surface area contributed by atoms with Gasteiger partial charge in [0.05, 0.1) is 17.2 Å². The minimum Gasteiger partial charge on any atom is -0.373 e. The number of hydrogen-bond donors (Lipinski definition) is 2. The van der Waals surface area contributed by atoms with Crippen molar-refractivity contribution in [2.24, 2.45) is 0 Å². The molecule has 1 amide bonds. The number of anilines is 1. The largest absolute Gasteiger partial charge is 0.426 e. The van der Waals surface area contributed by atoms with Gasteiger partial charge in [-0.1, -0.05) is 0 Å². The minimum atomic E-state index is -5.31. The van der Waals surface area contributed by atoms with Crippen LogP contribution in [0.15, 0.2) is 18.2 Å². The second-order valence-corrected chi connectivity index (χ2v) is 4.39. The van der Waals surface area contributed by atoms with Crippen LogP contribution in [0.4, 0.5) is 32.0 Å². The Morgan fingerprint density at radius 2 is 1.77 bits per heavy atom. The molecule has 0 fully saturated rings. The number of nitriles is 1. The van der Waals surface area contributed by atoms with Crippen LogP contribution in [0, 0.1) is 11.3 Å². The molecule has 0 radical (unpaired) electrons. The SMILES string of the molecule is CC(O)(C(=O)Nc1ccc(C#N)c(C(F)(F)F)c1)C(F)(F)F. The van der Waals surface area contributed by atoms with Crippen molar-refractivity contribution in [1.82, 2.24) is 0 Å². The zero-order valence-corrected chi connectivity index (χ0v) is 10.8. The maximum atomic E-state index is 12.7. The first-order chi connectivity index (χ1) is 9.80. The van der Waals surface area contributed by atoms with Crippen molar-refractivity contribution in [3.05, 3.63) is 29.3 Å². The molecule has 1 aromatic rings. The van der Waals surface area contributed by atoms with Crippen LogP contribution in [0.2, 0.25) is 0 Å². The number of aliphatic hydroxyl groups is 1. The summed E-state index contributed by atoms with van der Waals surface area (Å²) in [5.74, 6) is -1.95. The van der Waals surface area contributed by atoms with Crippen molar-refractivity contribution in [3.8, 4) is 6.07 Å². The highest BCUT2D eigenvalue weighted by Gasteiger charge is 2.55. The number of benzene rings is 1. The third kappa shape index (κ3) is 3.48. The summed E-state index contributed by atoms with van der Waals surface area (Å²) >= 11 is 0. The van der Waals surface area contributed by atoms with Gasteiger partial charge in [-0.15, -0.1) is 0 Å². The highest BCUT2D eigenvalue weighted by Crippen LogP contribution is 2.35. The van der Waals surface area contributed by atoms with Gasteiger partial charge in [-0.25, -0.2) is 0 Å². The molecule has 2 N–H and O–H groups in total. The van der Waals surface area contributed by atoms with E-state index in [1.807, 2.05) is 0 Å². The number of nitrogens with one attached hydrogen (secondary N) is 1. The molecular weight excluding hydrogens is 318 g/mol. The van der Waals surface area contributed by atoms with Gasteiger partial charge in [0, 0.05) is 5.69 Å². The first-order valence-electron chi connectivity index (χ1n) is 5.52. The lowest BCUT2D eigenvalue weighted by Crippen LogP contribution is -2.52. The number of hydrogen-bond acceptors (Lipinski definition) is 3. The molecular formula is C12H8F6N2O2. The molecule has 0 aliphatic heterocycles. The molecule has 0 saturated heterocycles. The van der Waals surface area contributed by atoms with Crippen molar-refractivity contribution in [3.63, 3.8) is 0 Å². The van der Waals surface area contributed by atoms with Crippen LogP contribution in [0.3, 0.4) is 0 Å². The Bertz CT molecular complexity index is 628. The summed E-state index contributed by atoms with van der Waals surface area (Å²) in [7, 11) is 0. The highest BCUT2D eigenvalue weighted by molar-refractivity contribution is 5.97. The lowest BCUT2D eigenvalue weighted by molar-refractivity contribution is -0.242. The summed E-state index contributed by atoms with van der Waals surface area (Å²) in [4.78, 5) is 11.4. The predicted molar refractivity (Wildman–Crippen MR) is 61.5 cm³/mol. The van der Waals surface area contributed by atoms with Gasteiger partial charge in [0.15, 0.2) is 0 Å². The Morgan fingerprint density at radius 1 is 1.23 bits per heavy atom. The summed E-state index contributed by atoms with van der Waals surface area (Å²) in [6.45, 7) is 0.163. The van der Waals surface area contributed by atoms with E-state index in [0.717, 1.165) is 6.07 Å². The monoisotopic (exact) mass is 326 g/mol. The number of carbonyl (C=O) groups is 1. The van der Waals surface area contributed by atoms with Gasteiger partial charge < -0.3 is 10.4 Å². The third-order valence-corrected chi connectivity index (χ3v) is 2.70. The molecule has 0 aliphatic rings. The Balaban J connectivity index is 3.17. The van der Waals surface area contributed by atoms with Crippen LogP contribution < -0.4 is 5.32 Å². The summed E-state index contributed by atoms with van der Waals surface area (Å²) in [6, 6.07) is 3.10. The molecule has 4 nitrogen and oxygen atoms in total. The van der Waals surface area contributed by atoms with E-state index in [0.29, 0.717) is 12.1 Å². The molecule has 22 heavy (non-hydrogen) atoms. The third-order valence-electron chi connectivity index (χ3n) is 2.70. The molecule has 0 heterocycles. The van der Waals surface area contributed by atoms with Gasteiger partial charge in [-0.2, -0.15) is 31.6 Å². The predicted octanol–water partition coefficient (Wildman–Crippen LogP) is 2.83. The fourth-order valence-corrected chi connectivity index (χ4v) is 1.34. The lowest BCUT2D eigenvalue weighted by Gasteiger charge is -2.25. The van der Waals surface area contributed by atoms with Gasteiger partial charge in [0.2, 0.25) is 5.60 Å². The summed E-state index contributed by atoms with van der Waals surface area (Å²) in [5.41, 5.74) is -6.59. The van der Waals surface area contributed by atoms with E-state index in [4.69, 9.17) is 10.4 Å². The zero-order valence-electron chi connectivity index (χ0n) is 10.8. The smallest absolute Gasteiger partial charge is 0.373 e. The zero-order chi connectivity index (χ0) is 17.3. The van der Waals surface area contributed by atoms with Gasteiger partial charge >= 0.3 is 12.4 Å². The molecule has 0 saturated carbocycles. The average Bonchev–Trinajstić information content (AvgIpc) is 2.36. The first kappa shape index (κ1) is 17.8. The van der Waals surface area contributed by atoms with Gasteiger partial charge in [0.1, 0.15) is 0 Å². The first-order valence-corrected chi connectivity index (χ1v) is 5.52. The van der Waals surface area contributed by atoms with Crippen molar-refractivity contribution in [1.29, 1.82) is 5.26 Å². The standard InChI is InChI=1S/C12H8F6N2O2/c1-10(22,12(16,17)18)9(21)20-7-3-2-6(5-19)8(4-7)11(13,14)15/h2-4,22H,1H3,(H,20,21). The van der Waals surface area contributed by atoms with E-state index < -0.39 is 40.7 Å². The molecule has 1 aromatic carbocycles. The van der Waals surface area contributed by atoms with Crippen LogP contribution in [-0.4, -0.2) is 22.8 Å². The molecule has 10 heteroatoms. The van der Waals surface area contributed by atoms with Gasteiger partial charge in [-0.05, 0) is 25.1 Å². The van der Waals surface area contributed by atoms with Crippen LogP contribution in [0.1, 0.15) is 18.1 Å². The van der Waals surface area contributed by atoms with E-state index >= 15 is 0 Å². The molecule has 120 valence electrons. The average molecular weight is 326 g/mol. The topological polar surface area (TPSA) is 73.1 Å². The Labute approximate surface area is 120 Å². The van der Waals surface area contributed by atoms with Crippen molar-refractivity contribution in [2.75, 3.05) is 5.32 Å². The van der Waals surface area contributed by atoms with Crippen LogP contribution in [0.25, 0.3) is 0 Å². The Morgan fingerprint density at radius 3 is 2.18 bits per heavy atom. The molecule has 0 bridgehead atoms. The number of carbonyl (C=O) groups excluding carboxylic acids is 1. The fraction of sp³-hybridized carbons (Fsp3) is 0.333. The normalized spacial score (nSPS) is 14.9. The summed E-state index contributed by atoms with van der Waals surface area (Å²) < 4.78 is 75.4. The summed E-state index contributed by atoms with van der Waals surface area (Å²) in [5, 5.41) is 19.2. The molecule has 0 spiro atoms. The Hall–Kier alpha value is -2.28. The van der Waals surface area contributed by atoms with Crippen LogP contribution in [0.5, 0.6) is 0 Å². The second kappa shape index (κ2) is 5.49. The molecule has 1 unspecified atom stereocenters. The molecule has 0 aromatic heterocycles. The summed E-state index contributed by atoms with van der Waals surface area (Å²) in [6.07, 6.45) is -10.2. The maximum absolute atomic E-state index is 12.7. The molecule has 0 aliphatic carbocycles. The Kier molecular flexibility index (Phi) is 4.43. The van der Waals surface area contributed by atoms with E-state index in [2.05, 4.69) is 0 Å². The van der Waals surface area contributed by atoms with E-state index in [1.54, 1.807) is 0 Å². The van der Waals surface area contributed by atoms with Gasteiger partial charge in [0.25, 0.3) is 5.91 Å². The van der Waals surface area contributed by atoms with Gasteiger partial charge in [-0.3, -0.25) is 4.79 Å². The number of rotatable bonds is 2. The van der Waals surface area contributed by atoms with Crippen LogP contribution >= 0.6 is 0 Å². The maximum Gasteiger partial charge on any atom is 0.426 e. The highest BCUT2D eigenvalue weighted by atomic mass is 19.4. The molecule has 1 rings (SSSR count). The number of alkyl halides is 6. The molecule has 1 atom stereocenters. The van der Waals surface area contributed by atoms with Crippen molar-refractivity contribution >= 4 is 11.6 Å².